The van der Waals surface area contributed by atoms with Crippen molar-refractivity contribution in [1.82, 2.24) is 25.1 Å². The summed E-state index contributed by atoms with van der Waals surface area (Å²) in [6, 6.07) is 9.61. The van der Waals surface area contributed by atoms with Crippen LogP contribution in [0.3, 0.4) is 0 Å². The number of hydrogen-bond donors (Lipinski definition) is 2. The van der Waals surface area contributed by atoms with Gasteiger partial charge >= 0.3 is 0 Å². The van der Waals surface area contributed by atoms with Crippen LogP contribution < -0.4 is 15.1 Å². The molecule has 2 aliphatic rings. The van der Waals surface area contributed by atoms with Gasteiger partial charge in [-0.15, -0.1) is 0 Å². The normalized spacial score (nSPS) is 18.9. The molecular formula is C25H26N8O. The van der Waals surface area contributed by atoms with Gasteiger partial charge in [0.25, 0.3) is 5.91 Å². The van der Waals surface area contributed by atoms with Gasteiger partial charge in [-0.25, -0.2) is 4.98 Å². The van der Waals surface area contributed by atoms with Crippen LogP contribution in [0.25, 0.3) is 10.9 Å². The van der Waals surface area contributed by atoms with Crippen LogP contribution in [0.4, 0.5) is 28.8 Å². The van der Waals surface area contributed by atoms with Crippen LogP contribution in [0.1, 0.15) is 39.0 Å². The molecule has 0 saturated heterocycles. The minimum atomic E-state index is -0.325. The molecule has 1 aromatic carbocycles. The molecule has 4 aromatic rings. The molecule has 6 rings (SSSR count). The number of anilines is 5. The number of benzene rings is 1. The van der Waals surface area contributed by atoms with E-state index in [-0.39, 0.29) is 18.0 Å². The fraction of sp³-hybridized carbons (Fsp3) is 0.320. The number of nitrogens with zero attached hydrogens (tertiary/aromatic N) is 6. The Morgan fingerprint density at radius 2 is 1.88 bits per heavy atom. The smallest absolute Gasteiger partial charge is 0.254 e. The molecule has 34 heavy (non-hydrogen) atoms. The van der Waals surface area contributed by atoms with Crippen LogP contribution in [-0.4, -0.2) is 43.1 Å². The van der Waals surface area contributed by atoms with Gasteiger partial charge in [0.2, 0.25) is 5.95 Å². The van der Waals surface area contributed by atoms with Gasteiger partial charge in [0.1, 0.15) is 11.7 Å². The molecule has 1 atom stereocenters. The average Bonchev–Trinajstić information content (AvgIpc) is 3.34. The van der Waals surface area contributed by atoms with Crippen LogP contribution in [0, 0.1) is 0 Å². The Balaban J connectivity index is 1.43. The van der Waals surface area contributed by atoms with Crippen molar-refractivity contribution >= 4 is 45.6 Å². The molecule has 0 bridgehead atoms. The van der Waals surface area contributed by atoms with E-state index in [0.717, 1.165) is 40.9 Å². The van der Waals surface area contributed by atoms with Crippen LogP contribution in [0.15, 0.2) is 55.1 Å². The molecule has 172 valence electrons. The summed E-state index contributed by atoms with van der Waals surface area (Å²) in [5.74, 6) is 1.32. The predicted octanol–water partition coefficient (Wildman–Crippen LogP) is 4.70. The molecule has 1 aliphatic heterocycles. The van der Waals surface area contributed by atoms with E-state index in [1.54, 1.807) is 29.7 Å². The van der Waals surface area contributed by atoms with Crippen molar-refractivity contribution in [1.29, 1.82) is 0 Å². The lowest BCUT2D eigenvalue weighted by Gasteiger charge is -2.45. The second kappa shape index (κ2) is 8.40. The second-order valence-corrected chi connectivity index (χ2v) is 8.95. The molecule has 0 radical (unpaired) electrons. The van der Waals surface area contributed by atoms with Gasteiger partial charge in [-0.3, -0.25) is 19.8 Å². The van der Waals surface area contributed by atoms with Crippen molar-refractivity contribution in [3.8, 4) is 0 Å². The average molecular weight is 455 g/mol. The third-order valence-corrected chi connectivity index (χ3v) is 6.82. The molecular weight excluding hydrogens is 428 g/mol. The number of aromatic amines is 1. The zero-order valence-electron chi connectivity index (χ0n) is 19.0. The van der Waals surface area contributed by atoms with Crippen LogP contribution >= 0.6 is 0 Å². The molecule has 1 fully saturated rings. The van der Waals surface area contributed by atoms with Gasteiger partial charge in [0.05, 0.1) is 23.6 Å². The molecule has 0 spiro atoms. The number of amides is 1. The Morgan fingerprint density at radius 1 is 1.06 bits per heavy atom. The topological polar surface area (TPSA) is 103 Å². The zero-order valence-corrected chi connectivity index (χ0v) is 19.0. The van der Waals surface area contributed by atoms with E-state index in [2.05, 4.69) is 30.4 Å². The van der Waals surface area contributed by atoms with Gasteiger partial charge in [0, 0.05) is 29.5 Å². The van der Waals surface area contributed by atoms with E-state index in [0.29, 0.717) is 11.6 Å². The van der Waals surface area contributed by atoms with Gasteiger partial charge in [-0.05, 0) is 50.1 Å². The predicted molar refractivity (Wildman–Crippen MR) is 132 cm³/mol. The first kappa shape index (κ1) is 20.6. The summed E-state index contributed by atoms with van der Waals surface area (Å²) in [5, 5.41) is 11.4. The first-order chi connectivity index (χ1) is 16.7. The number of carbonyl (C=O) groups is 1. The number of hydrogen-bond acceptors (Lipinski definition) is 7. The molecule has 3 aromatic heterocycles. The standard InChI is InChI=1S/C25H26N8O/c1-16-24(34)33(20-9-11-26-12-10-20)22-15-27-25(29-18-7-8-21-17(13-18)14-28-31-21)30-23(22)32(16)19-5-3-2-4-6-19/h7-16,19H,2-6H2,1H3,(H,28,31)(H,27,29,30)/t16-/m1/s1. The van der Waals surface area contributed by atoms with Crippen LogP contribution in [0.2, 0.25) is 0 Å². The van der Waals surface area contributed by atoms with Crippen LogP contribution in [0.5, 0.6) is 0 Å². The van der Waals surface area contributed by atoms with E-state index >= 15 is 0 Å². The molecule has 2 N–H and O–H groups in total. The van der Waals surface area contributed by atoms with E-state index in [9.17, 15) is 4.79 Å². The highest BCUT2D eigenvalue weighted by Crippen LogP contribution is 2.42. The number of pyridine rings is 1. The number of fused-ring (bicyclic) bond motifs is 2. The van der Waals surface area contributed by atoms with Crippen molar-refractivity contribution in [3.63, 3.8) is 0 Å². The Kier molecular flexibility index (Phi) is 5.09. The van der Waals surface area contributed by atoms with Crippen molar-refractivity contribution < 1.29 is 4.79 Å². The van der Waals surface area contributed by atoms with Crippen molar-refractivity contribution in [2.75, 3.05) is 15.1 Å². The Morgan fingerprint density at radius 3 is 2.71 bits per heavy atom. The lowest BCUT2D eigenvalue weighted by Crippen LogP contribution is -2.55. The van der Waals surface area contributed by atoms with Crippen LogP contribution in [-0.2, 0) is 4.79 Å². The van der Waals surface area contributed by atoms with Crippen molar-refractivity contribution in [2.45, 2.75) is 51.1 Å². The lowest BCUT2D eigenvalue weighted by atomic mass is 9.92. The SMILES string of the molecule is C[C@@H]1C(=O)N(c2ccncc2)c2cnc(Nc3ccc4[nH]ncc4c3)nc2N1C1CCCCC1. The highest BCUT2D eigenvalue weighted by Gasteiger charge is 2.41. The number of nitrogens with one attached hydrogen (secondary N) is 2. The maximum atomic E-state index is 13.6. The van der Waals surface area contributed by atoms with Gasteiger partial charge < -0.3 is 10.2 Å². The maximum Gasteiger partial charge on any atom is 0.254 e. The summed E-state index contributed by atoms with van der Waals surface area (Å²) >= 11 is 0. The maximum absolute atomic E-state index is 13.6. The third kappa shape index (κ3) is 3.53. The Labute approximate surface area is 197 Å². The van der Waals surface area contributed by atoms with Gasteiger partial charge in [-0.2, -0.15) is 10.1 Å². The Hall–Kier alpha value is -4.01. The number of carbonyl (C=O) groups excluding carboxylic acids is 1. The van der Waals surface area contributed by atoms with E-state index in [4.69, 9.17) is 4.98 Å². The fourth-order valence-electron chi connectivity index (χ4n) is 5.14. The molecule has 0 unspecified atom stereocenters. The third-order valence-electron chi connectivity index (χ3n) is 6.82. The highest BCUT2D eigenvalue weighted by molar-refractivity contribution is 6.09. The summed E-state index contributed by atoms with van der Waals surface area (Å²) in [6.07, 6.45) is 12.7. The monoisotopic (exact) mass is 454 g/mol. The first-order valence-corrected chi connectivity index (χ1v) is 11.8. The fourth-order valence-corrected chi connectivity index (χ4v) is 5.14. The number of H-pyrrole nitrogens is 1. The molecule has 1 saturated carbocycles. The van der Waals surface area contributed by atoms with Gasteiger partial charge in [-0.1, -0.05) is 19.3 Å². The summed E-state index contributed by atoms with van der Waals surface area (Å²) < 4.78 is 0. The lowest BCUT2D eigenvalue weighted by molar-refractivity contribution is -0.119. The largest absolute Gasteiger partial charge is 0.340 e. The van der Waals surface area contributed by atoms with E-state index in [1.807, 2.05) is 37.3 Å². The Bertz CT molecular complexity index is 1330. The van der Waals surface area contributed by atoms with E-state index < -0.39 is 0 Å². The first-order valence-electron chi connectivity index (χ1n) is 11.8. The summed E-state index contributed by atoms with van der Waals surface area (Å²) in [7, 11) is 0. The minimum Gasteiger partial charge on any atom is -0.340 e. The zero-order chi connectivity index (χ0) is 23.1. The minimum absolute atomic E-state index is 0.0268. The number of rotatable bonds is 4. The van der Waals surface area contributed by atoms with Crippen molar-refractivity contribution in [3.05, 3.63) is 55.1 Å². The van der Waals surface area contributed by atoms with Crippen molar-refractivity contribution in [2.24, 2.45) is 0 Å². The molecule has 9 heteroatoms. The molecule has 9 nitrogen and oxygen atoms in total. The second-order valence-electron chi connectivity index (χ2n) is 8.95. The quantitative estimate of drug-likeness (QED) is 0.461. The molecule has 4 heterocycles. The number of aromatic nitrogens is 5. The summed E-state index contributed by atoms with van der Waals surface area (Å²) in [6.45, 7) is 1.98. The highest BCUT2D eigenvalue weighted by atomic mass is 16.2. The van der Waals surface area contributed by atoms with E-state index in [1.165, 1.54) is 19.3 Å². The molecule has 1 amide bonds. The summed E-state index contributed by atoms with van der Waals surface area (Å²) in [5.41, 5.74) is 3.33. The summed E-state index contributed by atoms with van der Waals surface area (Å²) in [4.78, 5) is 31.2. The molecule has 1 aliphatic carbocycles. The van der Waals surface area contributed by atoms with Gasteiger partial charge in [0.15, 0.2) is 5.82 Å².